The fraction of sp³-hybridized carbons (Fsp3) is 0.0690. The van der Waals surface area contributed by atoms with Crippen molar-refractivity contribution >= 4 is 68.6 Å². The number of benzene rings is 4. The van der Waals surface area contributed by atoms with Gasteiger partial charge in [0, 0.05) is 0 Å². The first-order valence-electron chi connectivity index (χ1n) is 11.4. The van der Waals surface area contributed by atoms with Gasteiger partial charge in [-0.1, -0.05) is 84.0 Å². The maximum Gasteiger partial charge on any atom is 0.285 e. The molecular formula is C29H21ClN2O3S2. The number of carbonyl (C=O) groups is 2. The topological polar surface area (TPSA) is 58.6 Å². The minimum Gasteiger partial charge on any atom is -0.489 e. The van der Waals surface area contributed by atoms with Gasteiger partial charge in [-0.05, 0) is 76.9 Å². The Balaban J connectivity index is 1.24. The molecule has 1 aliphatic rings. The van der Waals surface area contributed by atoms with E-state index in [4.69, 9.17) is 28.6 Å². The van der Waals surface area contributed by atoms with Crippen molar-refractivity contribution in [3.05, 3.63) is 117 Å². The molecule has 1 fully saturated rings. The molecule has 0 radical (unpaired) electrons. The molecule has 5 rings (SSSR count). The van der Waals surface area contributed by atoms with E-state index in [0.29, 0.717) is 16.5 Å². The van der Waals surface area contributed by atoms with Crippen LogP contribution in [0.4, 0.5) is 0 Å². The molecule has 37 heavy (non-hydrogen) atoms. The van der Waals surface area contributed by atoms with Crippen LogP contribution in [0.1, 0.15) is 27.0 Å². The van der Waals surface area contributed by atoms with Crippen LogP contribution in [0.25, 0.3) is 16.8 Å². The Hall–Kier alpha value is -3.65. The van der Waals surface area contributed by atoms with Crippen LogP contribution in [0.2, 0.25) is 5.02 Å². The molecule has 1 N–H and O–H groups in total. The lowest BCUT2D eigenvalue weighted by Gasteiger charge is -2.16. The second kappa shape index (κ2) is 10.8. The molecule has 1 saturated heterocycles. The molecule has 0 aliphatic carbocycles. The minimum atomic E-state index is -0.504. The highest BCUT2D eigenvalue weighted by molar-refractivity contribution is 8.26. The molecular weight excluding hydrogens is 524 g/mol. The third-order valence-corrected chi connectivity index (χ3v) is 7.44. The molecule has 4 aromatic carbocycles. The highest BCUT2D eigenvalue weighted by Gasteiger charge is 2.34. The third-order valence-electron chi connectivity index (χ3n) is 5.83. The van der Waals surface area contributed by atoms with Crippen LogP contribution < -0.4 is 10.2 Å². The molecule has 5 nitrogen and oxygen atoms in total. The van der Waals surface area contributed by atoms with E-state index < -0.39 is 11.8 Å². The van der Waals surface area contributed by atoms with Gasteiger partial charge in [0.15, 0.2) is 4.32 Å². The standard InChI is InChI=1S/C29H21ClN2O3S2/c1-18-9-14-24(25(30)15-18)27(33)31-32-28(34)26(37-29(32)36)16-19-10-12-22(13-11-19)35-17-21-7-4-6-20-5-2-3-8-23(20)21/h2-16H,17H2,1H3,(H,31,33)/b26-16+. The summed E-state index contributed by atoms with van der Waals surface area (Å²) in [5.74, 6) is -0.182. The predicted octanol–water partition coefficient (Wildman–Crippen LogP) is 6.93. The largest absolute Gasteiger partial charge is 0.489 e. The van der Waals surface area contributed by atoms with Crippen LogP contribution in [0, 0.1) is 6.92 Å². The minimum absolute atomic E-state index is 0.239. The number of aryl methyl sites for hydroxylation is 1. The van der Waals surface area contributed by atoms with Crippen LogP contribution in [0.5, 0.6) is 5.75 Å². The number of rotatable bonds is 6. The average molecular weight is 545 g/mol. The first-order chi connectivity index (χ1) is 17.9. The number of amides is 2. The van der Waals surface area contributed by atoms with Crippen molar-refractivity contribution in [2.24, 2.45) is 0 Å². The summed E-state index contributed by atoms with van der Waals surface area (Å²) in [6.45, 7) is 2.33. The van der Waals surface area contributed by atoms with Crippen molar-refractivity contribution in [2.45, 2.75) is 13.5 Å². The lowest BCUT2D eigenvalue weighted by molar-refractivity contribution is -0.123. The molecule has 4 aromatic rings. The Kier molecular flexibility index (Phi) is 7.28. The zero-order valence-electron chi connectivity index (χ0n) is 19.7. The number of ether oxygens (including phenoxy) is 1. The molecule has 0 unspecified atom stereocenters. The number of halogens is 1. The molecule has 0 spiro atoms. The van der Waals surface area contributed by atoms with E-state index in [0.717, 1.165) is 39.2 Å². The lowest BCUT2D eigenvalue weighted by atomic mass is 10.1. The predicted molar refractivity (Wildman–Crippen MR) is 153 cm³/mol. The first-order valence-corrected chi connectivity index (χ1v) is 13.0. The number of nitrogens with zero attached hydrogens (tertiary/aromatic N) is 1. The van der Waals surface area contributed by atoms with Gasteiger partial charge in [0.2, 0.25) is 0 Å². The summed E-state index contributed by atoms with van der Waals surface area (Å²) >= 11 is 12.6. The summed E-state index contributed by atoms with van der Waals surface area (Å²) in [6.07, 6.45) is 1.73. The maximum absolute atomic E-state index is 12.9. The van der Waals surface area contributed by atoms with Gasteiger partial charge >= 0.3 is 0 Å². The maximum atomic E-state index is 12.9. The number of hydrogen-bond donors (Lipinski definition) is 1. The van der Waals surface area contributed by atoms with E-state index in [2.05, 4.69) is 29.7 Å². The first kappa shape index (κ1) is 25.0. The molecule has 1 heterocycles. The summed E-state index contributed by atoms with van der Waals surface area (Å²) in [7, 11) is 0. The summed E-state index contributed by atoms with van der Waals surface area (Å²) in [4.78, 5) is 26.0. The van der Waals surface area contributed by atoms with Crippen LogP contribution in [0.15, 0.2) is 89.8 Å². The zero-order chi connectivity index (χ0) is 25.9. The lowest BCUT2D eigenvalue weighted by Crippen LogP contribution is -2.44. The third kappa shape index (κ3) is 5.54. The van der Waals surface area contributed by atoms with E-state index in [1.165, 1.54) is 10.8 Å². The Labute approximate surface area is 229 Å². The number of thioether (sulfide) groups is 1. The highest BCUT2D eigenvalue weighted by atomic mass is 35.5. The van der Waals surface area contributed by atoms with E-state index in [1.807, 2.05) is 49.4 Å². The Morgan fingerprint density at radius 2 is 1.81 bits per heavy atom. The van der Waals surface area contributed by atoms with Gasteiger partial charge in [0.1, 0.15) is 12.4 Å². The molecule has 0 aromatic heterocycles. The number of carbonyl (C=O) groups excluding carboxylic acids is 2. The van der Waals surface area contributed by atoms with Crippen molar-refractivity contribution in [1.29, 1.82) is 0 Å². The van der Waals surface area contributed by atoms with Crippen LogP contribution in [-0.4, -0.2) is 21.1 Å². The van der Waals surface area contributed by atoms with E-state index in [9.17, 15) is 9.59 Å². The van der Waals surface area contributed by atoms with Crippen molar-refractivity contribution in [3.63, 3.8) is 0 Å². The Morgan fingerprint density at radius 3 is 2.59 bits per heavy atom. The van der Waals surface area contributed by atoms with Gasteiger partial charge in [-0.2, -0.15) is 5.01 Å². The van der Waals surface area contributed by atoms with Crippen LogP contribution in [-0.2, 0) is 11.4 Å². The normalized spacial score (nSPS) is 14.4. The molecule has 1 aliphatic heterocycles. The molecule has 0 bridgehead atoms. The monoisotopic (exact) mass is 544 g/mol. The summed E-state index contributed by atoms with van der Waals surface area (Å²) in [5.41, 5.74) is 5.68. The van der Waals surface area contributed by atoms with Gasteiger partial charge in [0.05, 0.1) is 15.5 Å². The van der Waals surface area contributed by atoms with E-state index >= 15 is 0 Å². The quantitative estimate of drug-likeness (QED) is 0.211. The van der Waals surface area contributed by atoms with Gasteiger partial charge in [-0.3, -0.25) is 15.0 Å². The number of fused-ring (bicyclic) bond motifs is 1. The Bertz CT molecular complexity index is 1560. The summed E-state index contributed by atoms with van der Waals surface area (Å²) in [5, 5.41) is 3.72. The fourth-order valence-corrected chi connectivity index (χ4v) is 5.42. The SMILES string of the molecule is Cc1ccc(C(=O)NN2C(=O)/C(=C\c3ccc(OCc4cccc5ccccc45)cc3)SC2=S)c(Cl)c1. The zero-order valence-corrected chi connectivity index (χ0v) is 22.1. The summed E-state index contributed by atoms with van der Waals surface area (Å²) in [6, 6.07) is 26.9. The molecule has 184 valence electrons. The van der Waals surface area contributed by atoms with E-state index in [1.54, 1.807) is 24.3 Å². The average Bonchev–Trinajstić information content (AvgIpc) is 3.15. The number of thiocarbonyl (C=S) groups is 1. The van der Waals surface area contributed by atoms with Crippen molar-refractivity contribution < 1.29 is 14.3 Å². The van der Waals surface area contributed by atoms with Crippen LogP contribution >= 0.6 is 35.6 Å². The summed E-state index contributed by atoms with van der Waals surface area (Å²) < 4.78 is 6.24. The molecule has 0 atom stereocenters. The number of hydrazine groups is 1. The fourth-order valence-electron chi connectivity index (χ4n) is 3.92. The van der Waals surface area contributed by atoms with Gasteiger partial charge in [-0.25, -0.2) is 0 Å². The smallest absolute Gasteiger partial charge is 0.285 e. The Morgan fingerprint density at radius 1 is 1.05 bits per heavy atom. The van der Waals surface area contributed by atoms with Crippen molar-refractivity contribution in [1.82, 2.24) is 10.4 Å². The van der Waals surface area contributed by atoms with Gasteiger partial charge in [0.25, 0.3) is 11.8 Å². The highest BCUT2D eigenvalue weighted by Crippen LogP contribution is 2.32. The molecule has 2 amide bonds. The van der Waals surface area contributed by atoms with Crippen molar-refractivity contribution in [3.8, 4) is 5.75 Å². The van der Waals surface area contributed by atoms with Crippen LogP contribution in [0.3, 0.4) is 0 Å². The number of nitrogens with one attached hydrogen (secondary N) is 1. The second-order valence-corrected chi connectivity index (χ2v) is 10.5. The van der Waals surface area contributed by atoms with Gasteiger partial charge in [-0.15, -0.1) is 0 Å². The molecule has 0 saturated carbocycles. The second-order valence-electron chi connectivity index (χ2n) is 8.44. The van der Waals surface area contributed by atoms with Crippen molar-refractivity contribution in [2.75, 3.05) is 0 Å². The van der Waals surface area contributed by atoms with Gasteiger partial charge < -0.3 is 4.74 Å². The number of hydrogen-bond acceptors (Lipinski definition) is 5. The van der Waals surface area contributed by atoms with E-state index in [-0.39, 0.29) is 9.88 Å². The molecule has 8 heteroatoms.